The van der Waals surface area contributed by atoms with Gasteiger partial charge in [0.25, 0.3) is 5.91 Å². The number of aromatic amines is 1. The Morgan fingerprint density at radius 3 is 2.76 bits per heavy atom. The fourth-order valence-electron chi connectivity index (χ4n) is 2.77. The van der Waals surface area contributed by atoms with E-state index in [0.717, 1.165) is 24.2 Å². The lowest BCUT2D eigenvalue weighted by atomic mass is 9.90. The average Bonchev–Trinajstić information content (AvgIpc) is 2.93. The van der Waals surface area contributed by atoms with Crippen LogP contribution in [0.2, 0.25) is 0 Å². The van der Waals surface area contributed by atoms with Gasteiger partial charge in [0.05, 0.1) is 6.04 Å². The molecular formula is C16H20N4O. The van der Waals surface area contributed by atoms with Crippen molar-refractivity contribution in [1.82, 2.24) is 20.5 Å². The number of aryl methyl sites for hydroxylation is 3. The molecule has 5 nitrogen and oxygen atoms in total. The van der Waals surface area contributed by atoms with Crippen LogP contribution in [0.4, 0.5) is 0 Å². The van der Waals surface area contributed by atoms with Gasteiger partial charge >= 0.3 is 0 Å². The molecular weight excluding hydrogens is 264 g/mol. The minimum absolute atomic E-state index is 0.0710. The van der Waals surface area contributed by atoms with Gasteiger partial charge in [-0.1, -0.05) is 6.07 Å². The Hall–Kier alpha value is -2.17. The minimum Gasteiger partial charge on any atom is -0.342 e. The lowest BCUT2D eigenvalue weighted by molar-refractivity contribution is 0.0938. The number of carbonyl (C=O) groups excluding carboxylic acids is 1. The first-order valence-electron chi connectivity index (χ1n) is 7.45. The van der Waals surface area contributed by atoms with E-state index in [2.05, 4.69) is 26.6 Å². The third kappa shape index (κ3) is 2.96. The van der Waals surface area contributed by atoms with Gasteiger partial charge in [-0.15, -0.1) is 0 Å². The van der Waals surface area contributed by atoms with Crippen LogP contribution in [0.1, 0.15) is 58.9 Å². The predicted molar refractivity (Wildman–Crippen MR) is 80.1 cm³/mol. The third-order valence-electron chi connectivity index (χ3n) is 3.96. The van der Waals surface area contributed by atoms with E-state index in [1.54, 1.807) is 0 Å². The van der Waals surface area contributed by atoms with Crippen LogP contribution in [0.25, 0.3) is 0 Å². The summed E-state index contributed by atoms with van der Waals surface area (Å²) < 4.78 is 0. The molecule has 1 aromatic heterocycles. The van der Waals surface area contributed by atoms with Crippen molar-refractivity contribution in [3.8, 4) is 0 Å². The number of hydrogen-bond donors (Lipinski definition) is 2. The highest BCUT2D eigenvalue weighted by Crippen LogP contribution is 2.22. The molecule has 0 bridgehead atoms. The van der Waals surface area contributed by atoms with Gasteiger partial charge in [0.1, 0.15) is 5.82 Å². The smallest absolute Gasteiger partial charge is 0.251 e. The number of H-pyrrole nitrogens is 1. The molecule has 0 spiro atoms. The number of amides is 1. The van der Waals surface area contributed by atoms with Gasteiger partial charge in [0, 0.05) is 5.56 Å². The molecule has 1 aliphatic carbocycles. The van der Waals surface area contributed by atoms with Crippen molar-refractivity contribution in [3.63, 3.8) is 0 Å². The molecule has 2 aromatic rings. The normalized spacial score (nSPS) is 15.3. The number of carbonyl (C=O) groups is 1. The van der Waals surface area contributed by atoms with Gasteiger partial charge in [0.15, 0.2) is 5.82 Å². The van der Waals surface area contributed by atoms with E-state index < -0.39 is 0 Å². The zero-order chi connectivity index (χ0) is 14.8. The summed E-state index contributed by atoms with van der Waals surface area (Å²) in [6.07, 6.45) is 4.67. The van der Waals surface area contributed by atoms with Crippen molar-refractivity contribution in [1.29, 1.82) is 0 Å². The molecule has 1 heterocycles. The topological polar surface area (TPSA) is 70.7 Å². The van der Waals surface area contributed by atoms with Crippen molar-refractivity contribution >= 4 is 5.91 Å². The van der Waals surface area contributed by atoms with E-state index in [9.17, 15) is 4.79 Å². The van der Waals surface area contributed by atoms with Gasteiger partial charge in [-0.05, 0) is 62.8 Å². The zero-order valence-electron chi connectivity index (χ0n) is 12.4. The lowest BCUT2D eigenvalue weighted by Gasteiger charge is -2.17. The van der Waals surface area contributed by atoms with E-state index in [-0.39, 0.29) is 11.9 Å². The number of rotatable bonds is 3. The number of hydrogen-bond acceptors (Lipinski definition) is 3. The number of aromatic nitrogens is 3. The molecule has 0 saturated heterocycles. The SMILES string of the molecule is Cc1nc([C@@H](C)NC(=O)c2ccc3c(c2)CCCC3)n[nH]1. The Morgan fingerprint density at radius 2 is 2.05 bits per heavy atom. The molecule has 0 fully saturated rings. The molecule has 2 N–H and O–H groups in total. The maximum atomic E-state index is 12.3. The fraction of sp³-hybridized carbons (Fsp3) is 0.438. The Bertz CT molecular complexity index is 662. The maximum absolute atomic E-state index is 12.3. The van der Waals surface area contributed by atoms with E-state index >= 15 is 0 Å². The standard InChI is InChI=1S/C16H20N4O/c1-10(15-18-11(2)19-20-15)17-16(21)14-8-7-12-5-3-4-6-13(12)9-14/h7-10H,3-6H2,1-2H3,(H,17,21)(H,18,19,20)/t10-/m1/s1. The molecule has 3 rings (SSSR count). The molecule has 0 unspecified atom stereocenters. The third-order valence-corrected chi connectivity index (χ3v) is 3.96. The first-order valence-corrected chi connectivity index (χ1v) is 7.45. The second-order valence-corrected chi connectivity index (χ2v) is 5.66. The summed E-state index contributed by atoms with van der Waals surface area (Å²) in [7, 11) is 0. The highest BCUT2D eigenvalue weighted by Gasteiger charge is 2.17. The molecule has 110 valence electrons. The van der Waals surface area contributed by atoms with E-state index in [1.165, 1.54) is 24.0 Å². The summed E-state index contributed by atoms with van der Waals surface area (Å²) in [5, 5.41) is 9.82. The van der Waals surface area contributed by atoms with Crippen molar-refractivity contribution in [2.45, 2.75) is 45.6 Å². The molecule has 21 heavy (non-hydrogen) atoms. The fourth-order valence-corrected chi connectivity index (χ4v) is 2.77. The quantitative estimate of drug-likeness (QED) is 0.909. The van der Waals surface area contributed by atoms with Gasteiger partial charge in [-0.25, -0.2) is 4.98 Å². The number of nitrogens with one attached hydrogen (secondary N) is 2. The highest BCUT2D eigenvalue weighted by atomic mass is 16.1. The van der Waals surface area contributed by atoms with Crippen LogP contribution in [-0.4, -0.2) is 21.1 Å². The summed E-state index contributed by atoms with van der Waals surface area (Å²) in [5.41, 5.74) is 3.42. The van der Waals surface area contributed by atoms with Gasteiger partial charge in [-0.2, -0.15) is 5.10 Å². The van der Waals surface area contributed by atoms with Crippen LogP contribution in [0.5, 0.6) is 0 Å². The van der Waals surface area contributed by atoms with Gasteiger partial charge < -0.3 is 5.32 Å². The largest absolute Gasteiger partial charge is 0.342 e. The summed E-state index contributed by atoms with van der Waals surface area (Å²) in [4.78, 5) is 16.6. The Balaban J connectivity index is 1.73. The van der Waals surface area contributed by atoms with E-state index in [4.69, 9.17) is 0 Å². The van der Waals surface area contributed by atoms with E-state index in [0.29, 0.717) is 5.82 Å². The Kier molecular flexibility index (Phi) is 3.73. The maximum Gasteiger partial charge on any atom is 0.251 e. The van der Waals surface area contributed by atoms with Crippen molar-refractivity contribution < 1.29 is 4.79 Å². The second-order valence-electron chi connectivity index (χ2n) is 5.66. The molecule has 5 heteroatoms. The van der Waals surface area contributed by atoms with Crippen LogP contribution in [0.15, 0.2) is 18.2 Å². The number of nitrogens with zero attached hydrogens (tertiary/aromatic N) is 2. The summed E-state index contributed by atoms with van der Waals surface area (Å²) in [6.45, 7) is 3.73. The predicted octanol–water partition coefficient (Wildman–Crippen LogP) is 2.48. The van der Waals surface area contributed by atoms with Crippen molar-refractivity contribution in [3.05, 3.63) is 46.5 Å². The minimum atomic E-state index is -0.210. The van der Waals surface area contributed by atoms with Crippen LogP contribution in [0.3, 0.4) is 0 Å². The highest BCUT2D eigenvalue weighted by molar-refractivity contribution is 5.94. The molecule has 0 radical (unpaired) electrons. The number of fused-ring (bicyclic) bond motifs is 1. The van der Waals surface area contributed by atoms with Crippen molar-refractivity contribution in [2.24, 2.45) is 0 Å². The van der Waals surface area contributed by atoms with Crippen LogP contribution in [0, 0.1) is 6.92 Å². The first kappa shape index (κ1) is 13.8. The van der Waals surface area contributed by atoms with Crippen molar-refractivity contribution in [2.75, 3.05) is 0 Å². The molecule has 1 aromatic carbocycles. The molecule has 0 aliphatic heterocycles. The number of benzene rings is 1. The lowest BCUT2D eigenvalue weighted by Crippen LogP contribution is -2.27. The Labute approximate surface area is 124 Å². The van der Waals surface area contributed by atoms with Gasteiger partial charge in [0.2, 0.25) is 0 Å². The van der Waals surface area contributed by atoms with E-state index in [1.807, 2.05) is 26.0 Å². The first-order chi connectivity index (χ1) is 10.1. The van der Waals surface area contributed by atoms with Crippen LogP contribution in [-0.2, 0) is 12.8 Å². The van der Waals surface area contributed by atoms with Gasteiger partial charge in [-0.3, -0.25) is 9.89 Å². The molecule has 1 aliphatic rings. The summed E-state index contributed by atoms with van der Waals surface area (Å²) in [6, 6.07) is 5.82. The molecule has 0 saturated carbocycles. The van der Waals surface area contributed by atoms with Crippen LogP contribution < -0.4 is 5.32 Å². The van der Waals surface area contributed by atoms with Crippen LogP contribution >= 0.6 is 0 Å². The second kappa shape index (κ2) is 5.68. The summed E-state index contributed by atoms with van der Waals surface area (Å²) >= 11 is 0. The Morgan fingerprint density at radius 1 is 1.29 bits per heavy atom. The molecule has 1 amide bonds. The monoisotopic (exact) mass is 284 g/mol. The zero-order valence-corrected chi connectivity index (χ0v) is 12.4. The average molecular weight is 284 g/mol. The summed E-state index contributed by atoms with van der Waals surface area (Å²) in [5.74, 6) is 1.29. The molecule has 1 atom stereocenters.